The van der Waals surface area contributed by atoms with Crippen LogP contribution in [0.15, 0.2) is 54.6 Å². The molecule has 2 atom stereocenters. The Morgan fingerprint density at radius 2 is 1.72 bits per heavy atom. The normalized spacial score (nSPS) is 17.8. The van der Waals surface area contributed by atoms with Crippen LogP contribution in [0.5, 0.6) is 5.75 Å². The predicted octanol–water partition coefficient (Wildman–Crippen LogP) is 5.54. The molecule has 1 aliphatic rings. The Bertz CT molecular complexity index is 852. The lowest BCUT2D eigenvalue weighted by molar-refractivity contribution is -0.146. The highest BCUT2D eigenvalue weighted by molar-refractivity contribution is 5.91. The largest absolute Gasteiger partial charge is 0.497 e. The number of methoxy groups -OCH3 is 1. The van der Waals surface area contributed by atoms with Crippen molar-refractivity contribution in [2.24, 2.45) is 0 Å². The van der Waals surface area contributed by atoms with Crippen LogP contribution in [-0.4, -0.2) is 37.9 Å². The second-order valence-electron chi connectivity index (χ2n) is 8.09. The standard InChI is InChI=1S/C26H33NO5/c1-3-4-5-6-10-13-25(28)31-19-24-23(18-20-11-8-7-9-12-20)27(26(29)32-24)21-14-16-22(30-2)17-15-21/h7-9,11-12,14-17,23-24H,3-6,10,13,18-19H2,1-2H3/t23-,24-/m1/s1. The van der Waals surface area contributed by atoms with Crippen molar-refractivity contribution in [2.45, 2.75) is 64.0 Å². The Morgan fingerprint density at radius 1 is 1.00 bits per heavy atom. The van der Waals surface area contributed by atoms with Gasteiger partial charge in [-0.1, -0.05) is 62.9 Å². The molecular formula is C26H33NO5. The topological polar surface area (TPSA) is 65.1 Å². The summed E-state index contributed by atoms with van der Waals surface area (Å²) in [6.07, 6.45) is 5.39. The van der Waals surface area contributed by atoms with E-state index in [4.69, 9.17) is 14.2 Å². The SMILES string of the molecule is CCCCCCCC(=O)OC[C@H]1OC(=O)N(c2ccc(OC)cc2)[C@@H]1Cc1ccccc1. The first kappa shape index (κ1) is 23.6. The zero-order valence-electron chi connectivity index (χ0n) is 19.0. The molecular weight excluding hydrogens is 406 g/mol. The average molecular weight is 440 g/mol. The highest BCUT2D eigenvalue weighted by atomic mass is 16.6. The number of hydrogen-bond acceptors (Lipinski definition) is 5. The molecule has 1 amide bonds. The summed E-state index contributed by atoms with van der Waals surface area (Å²) in [7, 11) is 1.60. The zero-order valence-corrected chi connectivity index (χ0v) is 19.0. The van der Waals surface area contributed by atoms with Crippen molar-refractivity contribution in [3.05, 3.63) is 60.2 Å². The number of amides is 1. The van der Waals surface area contributed by atoms with Crippen molar-refractivity contribution in [2.75, 3.05) is 18.6 Å². The predicted molar refractivity (Wildman–Crippen MR) is 124 cm³/mol. The smallest absolute Gasteiger partial charge is 0.415 e. The summed E-state index contributed by atoms with van der Waals surface area (Å²) >= 11 is 0. The van der Waals surface area contributed by atoms with E-state index in [0.29, 0.717) is 18.6 Å². The van der Waals surface area contributed by atoms with Crippen molar-refractivity contribution in [3.63, 3.8) is 0 Å². The lowest BCUT2D eigenvalue weighted by Gasteiger charge is -2.25. The number of carbonyl (C=O) groups excluding carboxylic acids is 2. The van der Waals surface area contributed by atoms with Gasteiger partial charge in [-0.3, -0.25) is 9.69 Å². The Labute approximate surface area is 190 Å². The van der Waals surface area contributed by atoms with Crippen molar-refractivity contribution >= 4 is 17.7 Å². The third-order valence-corrected chi connectivity index (χ3v) is 5.74. The Balaban J connectivity index is 1.67. The van der Waals surface area contributed by atoms with Gasteiger partial charge in [0.05, 0.1) is 13.2 Å². The van der Waals surface area contributed by atoms with Crippen molar-refractivity contribution in [3.8, 4) is 5.75 Å². The van der Waals surface area contributed by atoms with Crippen LogP contribution < -0.4 is 9.64 Å². The summed E-state index contributed by atoms with van der Waals surface area (Å²) in [5, 5.41) is 0. The molecule has 2 aromatic rings. The number of hydrogen-bond donors (Lipinski definition) is 0. The Hall–Kier alpha value is -3.02. The van der Waals surface area contributed by atoms with Gasteiger partial charge in [0.15, 0.2) is 6.10 Å². The molecule has 0 bridgehead atoms. The highest BCUT2D eigenvalue weighted by Gasteiger charge is 2.43. The Kier molecular flexibility index (Phi) is 8.96. The minimum Gasteiger partial charge on any atom is -0.497 e. The highest BCUT2D eigenvalue weighted by Crippen LogP contribution is 2.31. The van der Waals surface area contributed by atoms with Crippen molar-refractivity contribution < 1.29 is 23.8 Å². The Morgan fingerprint density at radius 3 is 2.41 bits per heavy atom. The summed E-state index contributed by atoms with van der Waals surface area (Å²) in [5.41, 5.74) is 1.81. The second-order valence-corrected chi connectivity index (χ2v) is 8.09. The van der Waals surface area contributed by atoms with Crippen LogP contribution in [0.2, 0.25) is 0 Å². The summed E-state index contributed by atoms with van der Waals surface area (Å²) < 4.78 is 16.4. The fraction of sp³-hybridized carbons (Fsp3) is 0.462. The lowest BCUT2D eigenvalue weighted by atomic mass is 10.0. The molecule has 0 aliphatic carbocycles. The number of ether oxygens (including phenoxy) is 3. The van der Waals surface area contributed by atoms with Crippen LogP contribution >= 0.6 is 0 Å². The van der Waals surface area contributed by atoms with Gasteiger partial charge < -0.3 is 14.2 Å². The van der Waals surface area contributed by atoms with E-state index in [-0.39, 0.29) is 18.6 Å². The summed E-state index contributed by atoms with van der Waals surface area (Å²) in [6.45, 7) is 2.22. The van der Waals surface area contributed by atoms with Gasteiger partial charge in [0.25, 0.3) is 0 Å². The molecule has 1 saturated heterocycles. The van der Waals surface area contributed by atoms with E-state index < -0.39 is 12.2 Å². The van der Waals surface area contributed by atoms with Gasteiger partial charge >= 0.3 is 12.1 Å². The van der Waals surface area contributed by atoms with E-state index in [2.05, 4.69) is 6.92 Å². The minimum absolute atomic E-state index is 0.0592. The molecule has 1 aliphatic heterocycles. The molecule has 1 heterocycles. The molecule has 0 spiro atoms. The quantitative estimate of drug-likeness (QED) is 0.321. The van der Waals surface area contributed by atoms with E-state index in [0.717, 1.165) is 30.5 Å². The zero-order chi connectivity index (χ0) is 22.8. The summed E-state index contributed by atoms with van der Waals surface area (Å²) in [6, 6.07) is 17.0. The van der Waals surface area contributed by atoms with E-state index in [1.807, 2.05) is 54.6 Å². The molecule has 0 saturated carbocycles. The average Bonchev–Trinajstić information content (AvgIpc) is 3.13. The maximum absolute atomic E-state index is 12.8. The first-order valence-electron chi connectivity index (χ1n) is 11.5. The van der Waals surface area contributed by atoms with Crippen LogP contribution in [-0.2, 0) is 20.7 Å². The molecule has 0 unspecified atom stereocenters. The second kappa shape index (κ2) is 12.1. The van der Waals surface area contributed by atoms with Gasteiger partial charge in [-0.15, -0.1) is 0 Å². The van der Waals surface area contributed by atoms with E-state index >= 15 is 0 Å². The fourth-order valence-electron chi connectivity index (χ4n) is 3.95. The number of nitrogens with zero attached hydrogens (tertiary/aromatic N) is 1. The van der Waals surface area contributed by atoms with Crippen LogP contribution in [0, 0.1) is 0 Å². The molecule has 2 aromatic carbocycles. The van der Waals surface area contributed by atoms with Gasteiger partial charge in [-0.25, -0.2) is 4.79 Å². The molecule has 0 radical (unpaired) electrons. The van der Waals surface area contributed by atoms with Gasteiger partial charge in [0.2, 0.25) is 0 Å². The molecule has 32 heavy (non-hydrogen) atoms. The van der Waals surface area contributed by atoms with Gasteiger partial charge in [-0.05, 0) is 42.7 Å². The molecule has 3 rings (SSSR count). The van der Waals surface area contributed by atoms with Crippen LogP contribution in [0.4, 0.5) is 10.5 Å². The number of unbranched alkanes of at least 4 members (excludes halogenated alkanes) is 4. The fourth-order valence-corrected chi connectivity index (χ4v) is 3.95. The minimum atomic E-state index is -0.533. The third-order valence-electron chi connectivity index (χ3n) is 5.74. The number of anilines is 1. The molecule has 6 heteroatoms. The number of cyclic esters (lactones) is 1. The number of rotatable bonds is 12. The third kappa shape index (κ3) is 6.49. The molecule has 0 N–H and O–H groups in total. The maximum atomic E-state index is 12.8. The van der Waals surface area contributed by atoms with Crippen LogP contribution in [0.3, 0.4) is 0 Å². The summed E-state index contributed by atoms with van der Waals surface area (Å²) in [4.78, 5) is 26.6. The molecule has 6 nitrogen and oxygen atoms in total. The molecule has 1 fully saturated rings. The number of carbonyl (C=O) groups is 2. The van der Waals surface area contributed by atoms with Crippen molar-refractivity contribution in [1.29, 1.82) is 0 Å². The van der Waals surface area contributed by atoms with Gasteiger partial charge in [0, 0.05) is 12.1 Å². The van der Waals surface area contributed by atoms with E-state index in [1.165, 1.54) is 12.8 Å². The lowest BCUT2D eigenvalue weighted by Crippen LogP contribution is -2.40. The van der Waals surface area contributed by atoms with Crippen molar-refractivity contribution in [1.82, 2.24) is 0 Å². The number of esters is 1. The van der Waals surface area contributed by atoms with Crippen LogP contribution in [0.25, 0.3) is 0 Å². The first-order chi connectivity index (χ1) is 15.6. The monoisotopic (exact) mass is 439 g/mol. The summed E-state index contributed by atoms with van der Waals surface area (Å²) in [5.74, 6) is 0.476. The maximum Gasteiger partial charge on any atom is 0.415 e. The van der Waals surface area contributed by atoms with E-state index in [9.17, 15) is 9.59 Å². The molecule has 0 aromatic heterocycles. The number of benzene rings is 2. The van der Waals surface area contributed by atoms with Gasteiger partial charge in [0.1, 0.15) is 12.4 Å². The van der Waals surface area contributed by atoms with Crippen LogP contribution in [0.1, 0.15) is 51.0 Å². The first-order valence-corrected chi connectivity index (χ1v) is 11.5. The van der Waals surface area contributed by atoms with E-state index in [1.54, 1.807) is 12.0 Å². The molecule has 172 valence electrons. The van der Waals surface area contributed by atoms with Gasteiger partial charge in [-0.2, -0.15) is 0 Å².